The molecule has 1 aromatic heterocycles. The summed E-state index contributed by atoms with van der Waals surface area (Å²) in [6, 6.07) is 6.61. The average molecular weight is 328 g/mol. The van der Waals surface area contributed by atoms with E-state index in [1.165, 1.54) is 4.68 Å². The summed E-state index contributed by atoms with van der Waals surface area (Å²) < 4.78 is 1.25. The van der Waals surface area contributed by atoms with E-state index in [1.807, 2.05) is 0 Å². The fourth-order valence-corrected chi connectivity index (χ4v) is 2.03. The Bertz CT molecular complexity index is 695. The molecule has 110 valence electrons. The first kappa shape index (κ1) is 15.3. The number of halogens is 2. The molecule has 0 bridgehead atoms. The van der Waals surface area contributed by atoms with Gasteiger partial charge in [0, 0.05) is 10.7 Å². The lowest BCUT2D eigenvalue weighted by Crippen LogP contribution is -2.20. The predicted octanol–water partition coefficient (Wildman–Crippen LogP) is 2.84. The smallest absolute Gasteiger partial charge is 0.357 e. The molecule has 1 amide bonds. The van der Waals surface area contributed by atoms with Gasteiger partial charge < -0.3 is 10.4 Å². The first-order valence-electron chi connectivity index (χ1n) is 5.90. The zero-order chi connectivity index (χ0) is 15.6. The topological polar surface area (TPSA) is 84.2 Å². The Hall–Kier alpha value is -2.05. The predicted molar refractivity (Wildman–Crippen MR) is 79.0 cm³/mol. The fourth-order valence-electron chi connectivity index (χ4n) is 1.68. The number of amides is 1. The van der Waals surface area contributed by atoms with Crippen molar-refractivity contribution in [2.75, 3.05) is 5.32 Å². The van der Waals surface area contributed by atoms with Crippen molar-refractivity contribution in [3.8, 4) is 0 Å². The van der Waals surface area contributed by atoms with E-state index in [0.29, 0.717) is 16.4 Å². The molecule has 0 atom stereocenters. The van der Waals surface area contributed by atoms with Crippen LogP contribution in [0.4, 0.5) is 5.69 Å². The highest BCUT2D eigenvalue weighted by atomic mass is 35.5. The average Bonchev–Trinajstić information content (AvgIpc) is 2.70. The summed E-state index contributed by atoms with van der Waals surface area (Å²) in [5.74, 6) is -1.59. The van der Waals surface area contributed by atoms with E-state index in [2.05, 4.69) is 10.4 Å². The number of rotatable bonds is 4. The molecule has 21 heavy (non-hydrogen) atoms. The Morgan fingerprint density at radius 3 is 2.43 bits per heavy atom. The zero-order valence-electron chi connectivity index (χ0n) is 10.9. The summed E-state index contributed by atoms with van der Waals surface area (Å²) in [6.07, 6.45) is 0. The Kier molecular flexibility index (Phi) is 4.50. The molecule has 0 fully saturated rings. The van der Waals surface area contributed by atoms with E-state index in [0.717, 1.165) is 0 Å². The third kappa shape index (κ3) is 3.53. The number of aromatic carboxylic acids is 1. The lowest BCUT2D eigenvalue weighted by atomic mass is 10.3. The van der Waals surface area contributed by atoms with Gasteiger partial charge in [-0.05, 0) is 31.2 Å². The van der Waals surface area contributed by atoms with Gasteiger partial charge in [0.15, 0.2) is 5.69 Å². The minimum atomic E-state index is -1.24. The molecule has 0 unspecified atom stereocenters. The molecular weight excluding hydrogens is 317 g/mol. The lowest BCUT2D eigenvalue weighted by molar-refractivity contribution is -0.116. The summed E-state index contributed by atoms with van der Waals surface area (Å²) in [6.45, 7) is 1.46. The Morgan fingerprint density at radius 2 is 1.90 bits per heavy atom. The Morgan fingerprint density at radius 1 is 1.29 bits per heavy atom. The summed E-state index contributed by atoms with van der Waals surface area (Å²) in [7, 11) is 0. The van der Waals surface area contributed by atoms with Crippen LogP contribution in [-0.4, -0.2) is 26.8 Å². The number of nitrogens with zero attached hydrogens (tertiary/aromatic N) is 2. The van der Waals surface area contributed by atoms with Gasteiger partial charge in [0.2, 0.25) is 5.91 Å². The maximum absolute atomic E-state index is 11.9. The van der Waals surface area contributed by atoms with Gasteiger partial charge in [-0.2, -0.15) is 5.10 Å². The van der Waals surface area contributed by atoms with E-state index < -0.39 is 5.97 Å². The summed E-state index contributed by atoms with van der Waals surface area (Å²) >= 11 is 11.6. The molecule has 2 aromatic rings. The number of carbonyl (C=O) groups excluding carboxylic acids is 1. The summed E-state index contributed by atoms with van der Waals surface area (Å²) in [5, 5.41) is 16.0. The molecule has 8 heteroatoms. The molecular formula is C13H11Cl2N3O3. The minimum Gasteiger partial charge on any atom is -0.476 e. The second kappa shape index (κ2) is 6.15. The fraction of sp³-hybridized carbons (Fsp3) is 0.154. The van der Waals surface area contributed by atoms with E-state index in [-0.39, 0.29) is 23.2 Å². The van der Waals surface area contributed by atoms with Gasteiger partial charge in [-0.15, -0.1) is 0 Å². The molecule has 0 radical (unpaired) electrons. The minimum absolute atomic E-state index is 0.0294. The molecule has 0 aliphatic rings. The van der Waals surface area contributed by atoms with Crippen LogP contribution in [0.15, 0.2) is 24.3 Å². The van der Waals surface area contributed by atoms with Crippen LogP contribution in [0.1, 0.15) is 16.2 Å². The van der Waals surface area contributed by atoms with Gasteiger partial charge in [0.25, 0.3) is 0 Å². The van der Waals surface area contributed by atoms with Crippen LogP contribution in [0, 0.1) is 6.92 Å². The molecule has 1 aromatic carbocycles. The molecule has 0 aliphatic heterocycles. The first-order chi connectivity index (χ1) is 9.88. The lowest BCUT2D eigenvalue weighted by Gasteiger charge is -2.06. The van der Waals surface area contributed by atoms with Gasteiger partial charge in [0.1, 0.15) is 6.54 Å². The van der Waals surface area contributed by atoms with Gasteiger partial charge >= 0.3 is 5.97 Å². The van der Waals surface area contributed by atoms with Crippen LogP contribution in [0.5, 0.6) is 0 Å². The number of hydrogen-bond donors (Lipinski definition) is 2. The van der Waals surface area contributed by atoms with Gasteiger partial charge in [-0.3, -0.25) is 9.48 Å². The van der Waals surface area contributed by atoms with Crippen molar-refractivity contribution in [2.45, 2.75) is 13.5 Å². The standard InChI is InChI=1S/C13H11Cl2N3O3/c1-7-11(15)12(13(20)21)17-18(7)6-10(19)16-9-4-2-8(14)3-5-9/h2-5H,6H2,1H3,(H,16,19)(H,20,21). The number of carboxylic acids is 1. The molecule has 0 spiro atoms. The number of carboxylic acid groups (broad SMARTS) is 1. The van der Waals surface area contributed by atoms with Crippen molar-refractivity contribution in [1.29, 1.82) is 0 Å². The zero-order valence-corrected chi connectivity index (χ0v) is 12.4. The number of hydrogen-bond acceptors (Lipinski definition) is 3. The van der Waals surface area contributed by atoms with Crippen molar-refractivity contribution >= 4 is 40.8 Å². The van der Waals surface area contributed by atoms with Crippen molar-refractivity contribution in [2.24, 2.45) is 0 Å². The van der Waals surface area contributed by atoms with Crippen LogP contribution >= 0.6 is 23.2 Å². The summed E-state index contributed by atoms with van der Waals surface area (Å²) in [5.41, 5.74) is 0.729. The molecule has 6 nitrogen and oxygen atoms in total. The molecule has 0 saturated carbocycles. The maximum atomic E-state index is 11.9. The molecule has 2 rings (SSSR count). The highest BCUT2D eigenvalue weighted by molar-refractivity contribution is 6.33. The van der Waals surface area contributed by atoms with Crippen LogP contribution in [0.25, 0.3) is 0 Å². The second-order valence-corrected chi connectivity index (χ2v) is 5.08. The van der Waals surface area contributed by atoms with Gasteiger partial charge in [-0.1, -0.05) is 23.2 Å². The van der Waals surface area contributed by atoms with E-state index in [4.69, 9.17) is 28.3 Å². The number of nitrogens with one attached hydrogen (secondary N) is 1. The van der Waals surface area contributed by atoms with Crippen LogP contribution in [-0.2, 0) is 11.3 Å². The summed E-state index contributed by atoms with van der Waals surface area (Å²) in [4.78, 5) is 22.8. The van der Waals surface area contributed by atoms with Gasteiger partial charge in [0.05, 0.1) is 10.7 Å². The van der Waals surface area contributed by atoms with Crippen molar-refractivity contribution < 1.29 is 14.7 Å². The molecule has 2 N–H and O–H groups in total. The van der Waals surface area contributed by atoms with Crippen LogP contribution in [0.2, 0.25) is 10.0 Å². The molecule has 0 saturated heterocycles. The maximum Gasteiger partial charge on any atom is 0.357 e. The third-order valence-corrected chi connectivity index (χ3v) is 3.46. The highest BCUT2D eigenvalue weighted by Gasteiger charge is 2.19. The number of aromatic nitrogens is 2. The van der Waals surface area contributed by atoms with Crippen molar-refractivity contribution in [3.63, 3.8) is 0 Å². The van der Waals surface area contributed by atoms with E-state index >= 15 is 0 Å². The van der Waals surface area contributed by atoms with Crippen molar-refractivity contribution in [1.82, 2.24) is 9.78 Å². The van der Waals surface area contributed by atoms with Gasteiger partial charge in [-0.25, -0.2) is 4.79 Å². The van der Waals surface area contributed by atoms with Crippen LogP contribution < -0.4 is 5.32 Å². The Balaban J connectivity index is 2.11. The van der Waals surface area contributed by atoms with E-state index in [1.54, 1.807) is 31.2 Å². The molecule has 0 aliphatic carbocycles. The largest absolute Gasteiger partial charge is 0.476 e. The van der Waals surface area contributed by atoms with Crippen molar-refractivity contribution in [3.05, 3.63) is 45.7 Å². The normalized spacial score (nSPS) is 10.4. The number of anilines is 1. The quantitative estimate of drug-likeness (QED) is 0.904. The van der Waals surface area contributed by atoms with Crippen LogP contribution in [0.3, 0.4) is 0 Å². The highest BCUT2D eigenvalue weighted by Crippen LogP contribution is 2.20. The first-order valence-corrected chi connectivity index (χ1v) is 6.65. The second-order valence-electron chi connectivity index (χ2n) is 4.27. The number of benzene rings is 1. The molecule has 1 heterocycles. The Labute approximate surface area is 130 Å². The SMILES string of the molecule is Cc1c(Cl)c(C(=O)O)nn1CC(=O)Nc1ccc(Cl)cc1. The number of carbonyl (C=O) groups is 2. The third-order valence-electron chi connectivity index (χ3n) is 2.76. The monoisotopic (exact) mass is 327 g/mol. The van der Waals surface area contributed by atoms with E-state index in [9.17, 15) is 9.59 Å².